The maximum Gasteiger partial charge on any atom is 0.254 e. The molecule has 0 saturated carbocycles. The molecule has 0 aromatic heterocycles. The number of morpholine rings is 1. The van der Waals surface area contributed by atoms with Gasteiger partial charge in [0.15, 0.2) is 0 Å². The van der Waals surface area contributed by atoms with Gasteiger partial charge in [-0.2, -0.15) is 0 Å². The van der Waals surface area contributed by atoms with E-state index in [9.17, 15) is 4.79 Å². The Balaban J connectivity index is 2.22. The molecule has 0 spiro atoms. The van der Waals surface area contributed by atoms with Gasteiger partial charge >= 0.3 is 0 Å². The summed E-state index contributed by atoms with van der Waals surface area (Å²) < 4.78 is 5.46. The predicted molar refractivity (Wildman–Crippen MR) is 78.4 cm³/mol. The van der Waals surface area contributed by atoms with E-state index in [1.165, 1.54) is 0 Å². The summed E-state index contributed by atoms with van der Waals surface area (Å²) in [7, 11) is 0. The molecule has 1 heterocycles. The summed E-state index contributed by atoms with van der Waals surface area (Å²) in [6.07, 6.45) is 0.0917. The predicted octanol–water partition coefficient (Wildman–Crippen LogP) is 1.17. The van der Waals surface area contributed by atoms with Gasteiger partial charge in [0, 0.05) is 24.2 Å². The van der Waals surface area contributed by atoms with Crippen molar-refractivity contribution in [2.45, 2.75) is 20.0 Å². The molecule has 4 heteroatoms. The average molecular weight is 272 g/mol. The van der Waals surface area contributed by atoms with Gasteiger partial charge in [0.1, 0.15) is 0 Å². The monoisotopic (exact) mass is 272 g/mol. The molecule has 1 aliphatic rings. The Labute approximate surface area is 119 Å². The van der Waals surface area contributed by atoms with Crippen molar-refractivity contribution in [3.8, 4) is 11.8 Å². The molecule has 1 amide bonds. The summed E-state index contributed by atoms with van der Waals surface area (Å²) >= 11 is 0. The number of nitrogens with zero attached hydrogens (tertiary/aromatic N) is 1. The van der Waals surface area contributed by atoms with E-state index < -0.39 is 0 Å². The first kappa shape index (κ1) is 14.6. The van der Waals surface area contributed by atoms with Crippen LogP contribution >= 0.6 is 0 Å². The van der Waals surface area contributed by atoms with Crippen molar-refractivity contribution in [2.75, 3.05) is 26.2 Å². The Morgan fingerprint density at radius 1 is 1.50 bits per heavy atom. The molecule has 1 atom stereocenters. The number of rotatable bonds is 1. The van der Waals surface area contributed by atoms with Crippen LogP contribution in [0.2, 0.25) is 0 Å². The number of ether oxygens (including phenoxy) is 1. The minimum absolute atomic E-state index is 0.0413. The van der Waals surface area contributed by atoms with Gasteiger partial charge in [0.25, 0.3) is 5.91 Å². The van der Waals surface area contributed by atoms with Crippen LogP contribution in [0.25, 0.3) is 0 Å². The van der Waals surface area contributed by atoms with Crippen LogP contribution in [0.15, 0.2) is 18.2 Å². The van der Waals surface area contributed by atoms with Crippen molar-refractivity contribution in [2.24, 2.45) is 5.73 Å². The van der Waals surface area contributed by atoms with E-state index >= 15 is 0 Å². The van der Waals surface area contributed by atoms with Crippen molar-refractivity contribution in [1.29, 1.82) is 0 Å². The number of carbonyl (C=O) groups is 1. The molecule has 1 aromatic carbocycles. The molecule has 0 bridgehead atoms. The first-order chi connectivity index (χ1) is 9.60. The summed E-state index contributed by atoms with van der Waals surface area (Å²) in [6.45, 7) is 6.13. The number of hydrogen-bond donors (Lipinski definition) is 1. The fourth-order valence-electron chi connectivity index (χ4n) is 2.32. The second kappa shape index (κ2) is 6.56. The van der Waals surface area contributed by atoms with Crippen LogP contribution in [0.3, 0.4) is 0 Å². The molecule has 0 radical (unpaired) electrons. The fourth-order valence-corrected chi connectivity index (χ4v) is 2.32. The summed E-state index contributed by atoms with van der Waals surface area (Å²) in [4.78, 5) is 14.4. The largest absolute Gasteiger partial charge is 0.375 e. The lowest BCUT2D eigenvalue weighted by Crippen LogP contribution is -2.44. The van der Waals surface area contributed by atoms with E-state index in [1.807, 2.05) is 36.9 Å². The fraction of sp³-hybridized carbons (Fsp3) is 0.438. The minimum Gasteiger partial charge on any atom is -0.375 e. The zero-order valence-corrected chi connectivity index (χ0v) is 12.0. The highest BCUT2D eigenvalue weighted by Gasteiger charge is 2.22. The van der Waals surface area contributed by atoms with Crippen LogP contribution in [0.4, 0.5) is 0 Å². The zero-order valence-electron chi connectivity index (χ0n) is 12.0. The van der Waals surface area contributed by atoms with E-state index in [0.717, 1.165) is 11.1 Å². The lowest BCUT2D eigenvalue weighted by Gasteiger charge is -2.31. The van der Waals surface area contributed by atoms with Gasteiger partial charge in [-0.3, -0.25) is 4.79 Å². The molecule has 106 valence electrons. The van der Waals surface area contributed by atoms with Gasteiger partial charge in [-0.1, -0.05) is 11.8 Å². The molecule has 1 aliphatic heterocycles. The summed E-state index contributed by atoms with van der Waals surface area (Å²) in [5.74, 6) is 5.84. The SMILES string of the molecule is Cc1cc(C#CCN)cc(C(=O)N2CCOC(C)C2)c1. The van der Waals surface area contributed by atoms with Crippen LogP contribution in [0.5, 0.6) is 0 Å². The van der Waals surface area contributed by atoms with Crippen molar-refractivity contribution < 1.29 is 9.53 Å². The quantitative estimate of drug-likeness (QED) is 0.781. The van der Waals surface area contributed by atoms with Crippen LogP contribution in [0, 0.1) is 18.8 Å². The first-order valence-corrected chi connectivity index (χ1v) is 6.81. The maximum atomic E-state index is 12.5. The van der Waals surface area contributed by atoms with E-state index in [1.54, 1.807) is 0 Å². The van der Waals surface area contributed by atoms with Crippen LogP contribution in [-0.4, -0.2) is 43.2 Å². The molecule has 1 aromatic rings. The number of benzene rings is 1. The number of amides is 1. The van der Waals surface area contributed by atoms with E-state index in [0.29, 0.717) is 31.8 Å². The van der Waals surface area contributed by atoms with Crippen molar-refractivity contribution >= 4 is 5.91 Å². The topological polar surface area (TPSA) is 55.6 Å². The molecule has 2 rings (SSSR count). The van der Waals surface area contributed by atoms with Crippen molar-refractivity contribution in [1.82, 2.24) is 4.90 Å². The van der Waals surface area contributed by atoms with Gasteiger partial charge in [-0.25, -0.2) is 0 Å². The third kappa shape index (κ3) is 3.60. The van der Waals surface area contributed by atoms with Gasteiger partial charge in [0.2, 0.25) is 0 Å². The molecule has 4 nitrogen and oxygen atoms in total. The Hall–Kier alpha value is -1.83. The van der Waals surface area contributed by atoms with Gasteiger partial charge in [-0.15, -0.1) is 0 Å². The summed E-state index contributed by atoms with van der Waals surface area (Å²) in [5.41, 5.74) is 7.92. The molecular formula is C16H20N2O2. The van der Waals surface area contributed by atoms with E-state index in [4.69, 9.17) is 10.5 Å². The van der Waals surface area contributed by atoms with Crippen molar-refractivity contribution in [3.63, 3.8) is 0 Å². The number of hydrogen-bond acceptors (Lipinski definition) is 3. The second-order valence-corrected chi connectivity index (χ2v) is 5.03. The molecule has 1 unspecified atom stereocenters. The number of nitrogens with two attached hydrogens (primary N) is 1. The van der Waals surface area contributed by atoms with Crippen LogP contribution in [-0.2, 0) is 4.74 Å². The normalized spacial score (nSPS) is 18.4. The molecule has 1 saturated heterocycles. The lowest BCUT2D eigenvalue weighted by atomic mass is 10.1. The van der Waals surface area contributed by atoms with Gasteiger partial charge < -0.3 is 15.4 Å². The lowest BCUT2D eigenvalue weighted by molar-refractivity contribution is -0.0124. The van der Waals surface area contributed by atoms with Crippen LogP contribution < -0.4 is 5.73 Å². The highest BCUT2D eigenvalue weighted by atomic mass is 16.5. The molecule has 0 aliphatic carbocycles. The Morgan fingerprint density at radius 2 is 2.30 bits per heavy atom. The van der Waals surface area contributed by atoms with E-state index in [2.05, 4.69) is 11.8 Å². The highest BCUT2D eigenvalue weighted by molar-refractivity contribution is 5.95. The maximum absolute atomic E-state index is 12.5. The Kier molecular flexibility index (Phi) is 4.78. The molecule has 2 N–H and O–H groups in total. The van der Waals surface area contributed by atoms with Gasteiger partial charge in [-0.05, 0) is 37.6 Å². The van der Waals surface area contributed by atoms with E-state index in [-0.39, 0.29) is 12.0 Å². The third-order valence-corrected chi connectivity index (χ3v) is 3.19. The van der Waals surface area contributed by atoms with Crippen LogP contribution in [0.1, 0.15) is 28.4 Å². The second-order valence-electron chi connectivity index (χ2n) is 5.03. The number of carbonyl (C=O) groups excluding carboxylic acids is 1. The van der Waals surface area contributed by atoms with Gasteiger partial charge in [0.05, 0.1) is 19.3 Å². The third-order valence-electron chi connectivity index (χ3n) is 3.19. The summed E-state index contributed by atoms with van der Waals surface area (Å²) in [6, 6.07) is 5.69. The molecule has 20 heavy (non-hydrogen) atoms. The highest BCUT2D eigenvalue weighted by Crippen LogP contribution is 2.14. The molecular weight excluding hydrogens is 252 g/mol. The van der Waals surface area contributed by atoms with Crippen molar-refractivity contribution in [3.05, 3.63) is 34.9 Å². The summed E-state index contributed by atoms with van der Waals surface area (Å²) in [5, 5.41) is 0. The molecule has 1 fully saturated rings. The smallest absolute Gasteiger partial charge is 0.254 e. The first-order valence-electron chi connectivity index (χ1n) is 6.81. The zero-order chi connectivity index (χ0) is 14.5. The Morgan fingerprint density at radius 3 is 3.00 bits per heavy atom. The number of aryl methyl sites for hydroxylation is 1. The standard InChI is InChI=1S/C16H20N2O2/c1-12-8-14(4-3-5-17)10-15(9-12)16(19)18-6-7-20-13(2)11-18/h8-10,13H,5-7,11,17H2,1-2H3. The minimum atomic E-state index is 0.0413. The average Bonchev–Trinajstić information content (AvgIpc) is 2.43. The Bertz CT molecular complexity index is 557.